The van der Waals surface area contributed by atoms with Crippen molar-refractivity contribution in [3.8, 4) is 11.5 Å². The van der Waals surface area contributed by atoms with E-state index >= 15 is 0 Å². The zero-order valence-electron chi connectivity index (χ0n) is 14.2. The minimum atomic E-state index is -0.231. The van der Waals surface area contributed by atoms with Gasteiger partial charge in [0.2, 0.25) is 5.91 Å². The number of hydrogen-bond acceptors (Lipinski definition) is 4. The highest BCUT2D eigenvalue weighted by molar-refractivity contribution is 5.96. The summed E-state index contributed by atoms with van der Waals surface area (Å²) in [6.07, 6.45) is 1.69. The number of anilines is 1. The molecule has 0 aromatic heterocycles. The number of carbonyl (C=O) groups is 2. The predicted molar refractivity (Wildman–Crippen MR) is 96.5 cm³/mol. The molecule has 1 heterocycles. The first-order chi connectivity index (χ1) is 12.7. The van der Waals surface area contributed by atoms with Crippen molar-refractivity contribution >= 4 is 17.5 Å². The molecule has 2 N–H and O–H groups in total. The lowest BCUT2D eigenvalue weighted by atomic mass is 10.2. The number of nitrogens with one attached hydrogen (secondary N) is 2. The van der Waals surface area contributed by atoms with Crippen LogP contribution >= 0.6 is 0 Å². The van der Waals surface area contributed by atoms with E-state index in [-0.39, 0.29) is 23.8 Å². The standard InChI is InChI=1S/C20H20N2O4/c23-19(13-7-9-15(10-8-13)22-20(24)14-5-6-14)21-11-16-12-25-17-3-1-2-4-18(17)26-16/h1-4,7-10,14,16H,5-6,11-12H2,(H,21,23)(H,22,24). The lowest BCUT2D eigenvalue weighted by molar-refractivity contribution is -0.117. The van der Waals surface area contributed by atoms with E-state index in [1.54, 1.807) is 24.3 Å². The minimum Gasteiger partial charge on any atom is -0.486 e. The Labute approximate surface area is 151 Å². The van der Waals surface area contributed by atoms with E-state index in [1.807, 2.05) is 24.3 Å². The highest BCUT2D eigenvalue weighted by Gasteiger charge is 2.29. The number of rotatable bonds is 5. The number of hydrogen-bond donors (Lipinski definition) is 2. The molecule has 0 bridgehead atoms. The largest absolute Gasteiger partial charge is 0.486 e. The van der Waals surface area contributed by atoms with Gasteiger partial charge in [0.05, 0.1) is 6.54 Å². The maximum absolute atomic E-state index is 12.3. The second-order valence-electron chi connectivity index (χ2n) is 6.55. The van der Waals surface area contributed by atoms with Gasteiger partial charge < -0.3 is 20.1 Å². The van der Waals surface area contributed by atoms with Crippen molar-refractivity contribution in [3.63, 3.8) is 0 Å². The molecule has 1 unspecified atom stereocenters. The highest BCUT2D eigenvalue weighted by atomic mass is 16.6. The van der Waals surface area contributed by atoms with E-state index in [1.165, 1.54) is 0 Å². The van der Waals surface area contributed by atoms with E-state index < -0.39 is 0 Å². The third kappa shape index (κ3) is 3.79. The minimum absolute atomic E-state index is 0.0527. The zero-order chi connectivity index (χ0) is 17.9. The third-order valence-corrected chi connectivity index (χ3v) is 4.42. The number of ether oxygens (including phenoxy) is 2. The highest BCUT2D eigenvalue weighted by Crippen LogP contribution is 2.31. The van der Waals surface area contributed by atoms with E-state index in [0.29, 0.717) is 30.2 Å². The lowest BCUT2D eigenvalue weighted by Gasteiger charge is -2.26. The maximum atomic E-state index is 12.3. The molecule has 1 atom stereocenters. The number of para-hydroxylation sites is 2. The van der Waals surface area contributed by atoms with Crippen molar-refractivity contribution in [3.05, 3.63) is 54.1 Å². The van der Waals surface area contributed by atoms with Crippen LogP contribution in [0.2, 0.25) is 0 Å². The van der Waals surface area contributed by atoms with Crippen LogP contribution in [-0.4, -0.2) is 31.1 Å². The number of carbonyl (C=O) groups excluding carboxylic acids is 2. The summed E-state index contributed by atoms with van der Waals surface area (Å²) in [6.45, 7) is 0.747. The third-order valence-electron chi connectivity index (χ3n) is 4.42. The van der Waals surface area contributed by atoms with Gasteiger partial charge in [-0.05, 0) is 49.2 Å². The summed E-state index contributed by atoms with van der Waals surface area (Å²) >= 11 is 0. The van der Waals surface area contributed by atoms with E-state index in [2.05, 4.69) is 10.6 Å². The van der Waals surface area contributed by atoms with Gasteiger partial charge >= 0.3 is 0 Å². The normalized spacial score (nSPS) is 18.1. The second kappa shape index (κ2) is 7.07. The molecule has 0 saturated heterocycles. The average Bonchev–Trinajstić information content (AvgIpc) is 3.52. The first-order valence-electron chi connectivity index (χ1n) is 8.76. The van der Waals surface area contributed by atoms with E-state index in [9.17, 15) is 9.59 Å². The van der Waals surface area contributed by atoms with Crippen LogP contribution in [0.4, 0.5) is 5.69 Å². The molecule has 134 valence electrons. The van der Waals surface area contributed by atoms with Crippen molar-refractivity contribution in [1.82, 2.24) is 5.32 Å². The van der Waals surface area contributed by atoms with Gasteiger partial charge in [-0.25, -0.2) is 0 Å². The first kappa shape index (κ1) is 16.4. The van der Waals surface area contributed by atoms with Gasteiger partial charge in [0, 0.05) is 17.2 Å². The number of benzene rings is 2. The van der Waals surface area contributed by atoms with Gasteiger partial charge in [-0.15, -0.1) is 0 Å². The van der Waals surface area contributed by atoms with Crippen LogP contribution < -0.4 is 20.1 Å². The van der Waals surface area contributed by atoms with E-state index in [4.69, 9.17) is 9.47 Å². The molecule has 4 rings (SSSR count). The Morgan fingerprint density at radius 1 is 1.00 bits per heavy atom. The molecular formula is C20H20N2O4. The smallest absolute Gasteiger partial charge is 0.251 e. The quantitative estimate of drug-likeness (QED) is 0.867. The first-order valence-corrected chi connectivity index (χ1v) is 8.76. The van der Waals surface area contributed by atoms with Crippen LogP contribution in [-0.2, 0) is 4.79 Å². The van der Waals surface area contributed by atoms with Crippen molar-refractivity contribution < 1.29 is 19.1 Å². The fraction of sp³-hybridized carbons (Fsp3) is 0.300. The van der Waals surface area contributed by atoms with Crippen molar-refractivity contribution in [2.24, 2.45) is 5.92 Å². The number of fused-ring (bicyclic) bond motifs is 1. The Kier molecular flexibility index (Phi) is 4.48. The molecule has 0 radical (unpaired) electrons. The Bertz CT molecular complexity index is 815. The number of amides is 2. The molecule has 6 heteroatoms. The van der Waals surface area contributed by atoms with Gasteiger partial charge in [0.15, 0.2) is 11.5 Å². The Morgan fingerprint density at radius 2 is 1.73 bits per heavy atom. The summed E-state index contributed by atoms with van der Waals surface area (Å²) in [7, 11) is 0. The summed E-state index contributed by atoms with van der Waals surface area (Å²) in [5.41, 5.74) is 1.24. The molecule has 1 aliphatic heterocycles. The fourth-order valence-corrected chi connectivity index (χ4v) is 2.77. The second-order valence-corrected chi connectivity index (χ2v) is 6.55. The van der Waals surface area contributed by atoms with Gasteiger partial charge in [-0.1, -0.05) is 12.1 Å². The Hall–Kier alpha value is -3.02. The molecule has 2 amide bonds. The van der Waals surface area contributed by atoms with Crippen molar-refractivity contribution in [2.45, 2.75) is 18.9 Å². The summed E-state index contributed by atoms with van der Waals surface area (Å²) < 4.78 is 11.5. The fourth-order valence-electron chi connectivity index (χ4n) is 2.77. The topological polar surface area (TPSA) is 76.7 Å². The van der Waals surface area contributed by atoms with Crippen LogP contribution in [0.5, 0.6) is 11.5 Å². The summed E-state index contributed by atoms with van der Waals surface area (Å²) in [5.74, 6) is 1.43. The van der Waals surface area contributed by atoms with Crippen LogP contribution in [0.25, 0.3) is 0 Å². The SMILES string of the molecule is O=C(NCC1COc2ccccc2O1)c1ccc(NC(=O)C2CC2)cc1. The molecule has 1 aliphatic carbocycles. The van der Waals surface area contributed by atoms with Crippen molar-refractivity contribution in [1.29, 1.82) is 0 Å². The molecule has 26 heavy (non-hydrogen) atoms. The van der Waals surface area contributed by atoms with Gasteiger partial charge in [-0.2, -0.15) is 0 Å². The molecule has 0 spiro atoms. The van der Waals surface area contributed by atoms with Gasteiger partial charge in [-0.3, -0.25) is 9.59 Å². The van der Waals surface area contributed by atoms with Crippen LogP contribution in [0, 0.1) is 5.92 Å². The monoisotopic (exact) mass is 352 g/mol. The van der Waals surface area contributed by atoms with Crippen LogP contribution in [0.3, 0.4) is 0 Å². The maximum Gasteiger partial charge on any atom is 0.251 e. The average molecular weight is 352 g/mol. The molecular weight excluding hydrogens is 332 g/mol. The summed E-state index contributed by atoms with van der Waals surface area (Å²) in [5, 5.41) is 5.71. The zero-order valence-corrected chi connectivity index (χ0v) is 14.2. The van der Waals surface area contributed by atoms with E-state index in [0.717, 1.165) is 18.6 Å². The predicted octanol–water partition coefficient (Wildman–Crippen LogP) is 2.60. The van der Waals surface area contributed by atoms with Crippen molar-refractivity contribution in [2.75, 3.05) is 18.5 Å². The van der Waals surface area contributed by atoms with Crippen LogP contribution in [0.1, 0.15) is 23.2 Å². The molecule has 2 aromatic rings. The Morgan fingerprint density at radius 3 is 2.46 bits per heavy atom. The Balaban J connectivity index is 1.29. The summed E-state index contributed by atoms with van der Waals surface area (Å²) in [6, 6.07) is 14.4. The van der Waals surface area contributed by atoms with Crippen LogP contribution in [0.15, 0.2) is 48.5 Å². The molecule has 2 aromatic carbocycles. The lowest BCUT2D eigenvalue weighted by Crippen LogP contribution is -2.40. The molecule has 1 fully saturated rings. The molecule has 2 aliphatic rings. The van der Waals surface area contributed by atoms with Gasteiger partial charge in [0.1, 0.15) is 12.7 Å². The summed E-state index contributed by atoms with van der Waals surface area (Å²) in [4.78, 5) is 24.0. The molecule has 6 nitrogen and oxygen atoms in total. The van der Waals surface area contributed by atoms with Gasteiger partial charge in [0.25, 0.3) is 5.91 Å². The molecule has 1 saturated carbocycles.